The van der Waals surface area contributed by atoms with Gasteiger partial charge in [0.15, 0.2) is 12.1 Å². The molecule has 1 N–H and O–H groups in total. The van der Waals surface area contributed by atoms with E-state index in [1.165, 1.54) is 13.2 Å². The van der Waals surface area contributed by atoms with Gasteiger partial charge in [-0.2, -0.15) is 5.10 Å². The number of nitrogens with one attached hydrogen (secondary N) is 1. The standard InChI is InChI=1S/C9H7FN2O2/c1-14-5-2-6-8(4-13)11-12-9(6)7(10)3-5/h2-4H,1H3,(H,11,12). The molecule has 0 aliphatic heterocycles. The molecule has 0 amide bonds. The minimum atomic E-state index is -0.510. The van der Waals surface area contributed by atoms with Crippen molar-refractivity contribution in [3.8, 4) is 5.75 Å². The van der Waals surface area contributed by atoms with Crippen molar-refractivity contribution < 1.29 is 13.9 Å². The molecule has 0 aliphatic rings. The van der Waals surface area contributed by atoms with Gasteiger partial charge < -0.3 is 4.74 Å². The second kappa shape index (κ2) is 3.10. The first-order valence-corrected chi connectivity index (χ1v) is 3.93. The highest BCUT2D eigenvalue weighted by molar-refractivity contribution is 5.95. The third-order valence-electron chi connectivity index (χ3n) is 1.97. The first-order chi connectivity index (χ1) is 6.76. The molecule has 1 heterocycles. The molecule has 5 heteroatoms. The average Bonchev–Trinajstić information content (AvgIpc) is 2.61. The summed E-state index contributed by atoms with van der Waals surface area (Å²) in [6.45, 7) is 0. The Labute approximate surface area is 78.7 Å². The summed E-state index contributed by atoms with van der Waals surface area (Å²) in [5, 5.41) is 6.55. The Hall–Kier alpha value is -1.91. The van der Waals surface area contributed by atoms with E-state index in [2.05, 4.69) is 10.2 Å². The number of carbonyl (C=O) groups excluding carboxylic acids is 1. The van der Waals surface area contributed by atoms with E-state index in [1.807, 2.05) is 0 Å². The van der Waals surface area contributed by atoms with Crippen molar-refractivity contribution in [1.29, 1.82) is 0 Å². The number of halogens is 1. The molecule has 2 rings (SSSR count). The summed E-state index contributed by atoms with van der Waals surface area (Å²) in [7, 11) is 1.43. The van der Waals surface area contributed by atoms with Crippen LogP contribution in [0.4, 0.5) is 4.39 Å². The Kier molecular flexibility index (Phi) is 1.92. The molecule has 0 saturated heterocycles. The van der Waals surface area contributed by atoms with Gasteiger partial charge in [-0.1, -0.05) is 0 Å². The van der Waals surface area contributed by atoms with Gasteiger partial charge in [0, 0.05) is 11.5 Å². The molecule has 14 heavy (non-hydrogen) atoms. The number of benzene rings is 1. The Morgan fingerprint density at radius 2 is 2.36 bits per heavy atom. The van der Waals surface area contributed by atoms with Gasteiger partial charge in [0.2, 0.25) is 0 Å². The van der Waals surface area contributed by atoms with Crippen molar-refractivity contribution in [1.82, 2.24) is 10.2 Å². The van der Waals surface area contributed by atoms with Crippen LogP contribution in [0.1, 0.15) is 10.5 Å². The van der Waals surface area contributed by atoms with Crippen molar-refractivity contribution in [3.63, 3.8) is 0 Å². The lowest BCUT2D eigenvalue weighted by Crippen LogP contribution is -1.86. The smallest absolute Gasteiger partial charge is 0.168 e. The topological polar surface area (TPSA) is 55.0 Å². The molecule has 0 radical (unpaired) electrons. The molecule has 2 aromatic rings. The minimum absolute atomic E-state index is 0.146. The van der Waals surface area contributed by atoms with Crippen LogP contribution in [0.5, 0.6) is 5.75 Å². The van der Waals surface area contributed by atoms with Gasteiger partial charge in [-0.25, -0.2) is 4.39 Å². The summed E-state index contributed by atoms with van der Waals surface area (Å²) in [6.07, 6.45) is 0.591. The number of aromatic amines is 1. The summed E-state index contributed by atoms with van der Waals surface area (Å²) < 4.78 is 18.2. The second-order valence-electron chi connectivity index (χ2n) is 2.76. The van der Waals surface area contributed by atoms with Gasteiger partial charge in [-0.05, 0) is 6.07 Å². The van der Waals surface area contributed by atoms with E-state index in [9.17, 15) is 9.18 Å². The normalized spacial score (nSPS) is 10.4. The highest BCUT2D eigenvalue weighted by atomic mass is 19.1. The Morgan fingerprint density at radius 3 is 3.00 bits per heavy atom. The zero-order valence-electron chi connectivity index (χ0n) is 7.37. The Bertz CT molecular complexity index is 493. The highest BCUT2D eigenvalue weighted by Gasteiger charge is 2.10. The number of ether oxygens (including phenoxy) is 1. The van der Waals surface area contributed by atoms with E-state index in [-0.39, 0.29) is 11.2 Å². The number of nitrogens with zero attached hydrogens (tertiary/aromatic N) is 1. The molecule has 0 saturated carbocycles. The maximum Gasteiger partial charge on any atom is 0.168 e. The average molecular weight is 194 g/mol. The zero-order chi connectivity index (χ0) is 10.1. The second-order valence-corrected chi connectivity index (χ2v) is 2.76. The van der Waals surface area contributed by atoms with Crippen LogP contribution >= 0.6 is 0 Å². The fraction of sp³-hybridized carbons (Fsp3) is 0.111. The third-order valence-corrected chi connectivity index (χ3v) is 1.97. The molecule has 0 unspecified atom stereocenters. The summed E-state index contributed by atoms with van der Waals surface area (Å²) in [4.78, 5) is 10.6. The van der Waals surface area contributed by atoms with Crippen LogP contribution in [-0.4, -0.2) is 23.6 Å². The number of aromatic nitrogens is 2. The van der Waals surface area contributed by atoms with E-state index in [4.69, 9.17) is 4.74 Å². The van der Waals surface area contributed by atoms with Crippen molar-refractivity contribution in [2.75, 3.05) is 7.11 Å². The molecule has 1 aromatic carbocycles. The number of rotatable bonds is 2. The lowest BCUT2D eigenvalue weighted by Gasteiger charge is -1.99. The highest BCUT2D eigenvalue weighted by Crippen LogP contribution is 2.24. The summed E-state index contributed by atoms with van der Waals surface area (Å²) in [5.41, 5.74) is 0.394. The number of hydrogen-bond donors (Lipinski definition) is 1. The fourth-order valence-electron chi connectivity index (χ4n) is 1.28. The van der Waals surface area contributed by atoms with Gasteiger partial charge >= 0.3 is 0 Å². The quantitative estimate of drug-likeness (QED) is 0.737. The maximum absolute atomic E-state index is 13.3. The molecule has 4 nitrogen and oxygen atoms in total. The van der Waals surface area contributed by atoms with Crippen LogP contribution in [0.2, 0.25) is 0 Å². The number of H-pyrrole nitrogens is 1. The van der Waals surface area contributed by atoms with Crippen molar-refractivity contribution in [2.45, 2.75) is 0 Å². The summed E-state index contributed by atoms with van der Waals surface area (Å²) in [6, 6.07) is 2.78. The summed E-state index contributed by atoms with van der Waals surface area (Å²) >= 11 is 0. The van der Waals surface area contributed by atoms with Crippen LogP contribution in [0.25, 0.3) is 10.9 Å². The van der Waals surface area contributed by atoms with Crippen molar-refractivity contribution in [3.05, 3.63) is 23.6 Å². The van der Waals surface area contributed by atoms with E-state index >= 15 is 0 Å². The SMILES string of the molecule is COc1cc(F)c2n[nH]c(C=O)c2c1. The van der Waals surface area contributed by atoms with E-state index in [0.29, 0.717) is 17.4 Å². The fourth-order valence-corrected chi connectivity index (χ4v) is 1.28. The number of methoxy groups -OCH3 is 1. The predicted molar refractivity (Wildman–Crippen MR) is 48.0 cm³/mol. The Balaban J connectivity index is 2.79. The molecule has 0 spiro atoms. The molecule has 0 bridgehead atoms. The van der Waals surface area contributed by atoms with E-state index in [0.717, 1.165) is 0 Å². The summed E-state index contributed by atoms with van der Waals surface area (Å²) in [5.74, 6) is -0.150. The third kappa shape index (κ3) is 1.14. The van der Waals surface area contributed by atoms with Gasteiger partial charge in [0.05, 0.1) is 7.11 Å². The first kappa shape index (κ1) is 8.68. The van der Waals surface area contributed by atoms with Gasteiger partial charge in [0.1, 0.15) is 17.0 Å². The predicted octanol–water partition coefficient (Wildman–Crippen LogP) is 1.52. The molecule has 1 aromatic heterocycles. The molecular formula is C9H7FN2O2. The van der Waals surface area contributed by atoms with Gasteiger partial charge in [0.25, 0.3) is 0 Å². The number of carbonyl (C=O) groups is 1. The largest absolute Gasteiger partial charge is 0.497 e. The minimum Gasteiger partial charge on any atom is -0.497 e. The van der Waals surface area contributed by atoms with Crippen molar-refractivity contribution >= 4 is 17.2 Å². The number of hydrogen-bond acceptors (Lipinski definition) is 3. The van der Waals surface area contributed by atoms with Crippen LogP contribution in [0, 0.1) is 5.82 Å². The molecule has 0 atom stereocenters. The molecule has 0 fully saturated rings. The maximum atomic E-state index is 13.3. The lowest BCUT2D eigenvalue weighted by molar-refractivity contribution is 0.112. The zero-order valence-corrected chi connectivity index (χ0v) is 7.37. The van der Waals surface area contributed by atoms with Crippen molar-refractivity contribution in [2.24, 2.45) is 0 Å². The van der Waals surface area contributed by atoms with Crippen LogP contribution in [0.15, 0.2) is 12.1 Å². The monoisotopic (exact) mass is 194 g/mol. The first-order valence-electron chi connectivity index (χ1n) is 3.93. The van der Waals surface area contributed by atoms with Gasteiger partial charge in [-0.15, -0.1) is 0 Å². The van der Waals surface area contributed by atoms with Crippen LogP contribution in [0.3, 0.4) is 0 Å². The van der Waals surface area contributed by atoms with E-state index < -0.39 is 5.82 Å². The Morgan fingerprint density at radius 1 is 1.57 bits per heavy atom. The van der Waals surface area contributed by atoms with Gasteiger partial charge in [-0.3, -0.25) is 9.89 Å². The lowest BCUT2D eigenvalue weighted by atomic mass is 10.2. The van der Waals surface area contributed by atoms with Crippen LogP contribution < -0.4 is 4.74 Å². The van der Waals surface area contributed by atoms with Crippen LogP contribution in [-0.2, 0) is 0 Å². The molecule has 0 aliphatic carbocycles. The molecular weight excluding hydrogens is 187 g/mol. The molecule has 72 valence electrons. The van der Waals surface area contributed by atoms with E-state index in [1.54, 1.807) is 6.07 Å². The number of aldehydes is 1. The number of fused-ring (bicyclic) bond motifs is 1.